The van der Waals surface area contributed by atoms with Crippen LogP contribution in [0.1, 0.15) is 105 Å². The van der Waals surface area contributed by atoms with Gasteiger partial charge in [-0.05, 0) is 5.92 Å². The van der Waals surface area contributed by atoms with Gasteiger partial charge in [0.2, 0.25) is 0 Å². The summed E-state index contributed by atoms with van der Waals surface area (Å²) in [5.74, 6) is 1.04. The fourth-order valence-electron chi connectivity index (χ4n) is 1.81. The van der Waals surface area contributed by atoms with Gasteiger partial charge in [0.05, 0.1) is 0 Å². The molecular formula is C17H38. The van der Waals surface area contributed by atoms with E-state index in [-0.39, 0.29) is 0 Å². The zero-order valence-electron chi connectivity index (χ0n) is 13.4. The fourth-order valence-corrected chi connectivity index (χ4v) is 1.81. The summed E-state index contributed by atoms with van der Waals surface area (Å²) < 4.78 is 0. The van der Waals surface area contributed by atoms with Crippen molar-refractivity contribution in [3.8, 4) is 0 Å². The monoisotopic (exact) mass is 242 g/mol. The molecule has 0 atom stereocenters. The molecule has 0 heteroatoms. The first-order chi connectivity index (χ1) is 8.22. The minimum absolute atomic E-state index is 1.04. The van der Waals surface area contributed by atoms with Gasteiger partial charge < -0.3 is 0 Å². The minimum atomic E-state index is 1.04. The molecule has 1 rings (SSSR count). The lowest BCUT2D eigenvalue weighted by atomic mass is 9.91. The van der Waals surface area contributed by atoms with E-state index < -0.39 is 0 Å². The van der Waals surface area contributed by atoms with E-state index in [4.69, 9.17) is 0 Å². The van der Waals surface area contributed by atoms with E-state index in [1.165, 1.54) is 70.6 Å². The molecule has 0 aromatic heterocycles. The summed E-state index contributed by atoms with van der Waals surface area (Å²) in [4.78, 5) is 0. The van der Waals surface area contributed by atoms with Gasteiger partial charge in [0, 0.05) is 0 Å². The van der Waals surface area contributed by atoms with Crippen molar-refractivity contribution in [3.63, 3.8) is 0 Å². The average molecular weight is 242 g/mol. The van der Waals surface area contributed by atoms with E-state index in [0.29, 0.717) is 0 Å². The van der Waals surface area contributed by atoms with Gasteiger partial charge in [-0.15, -0.1) is 0 Å². The molecule has 0 bridgehead atoms. The highest BCUT2D eigenvalue weighted by Gasteiger charge is 2.05. The van der Waals surface area contributed by atoms with Crippen LogP contribution >= 0.6 is 0 Å². The van der Waals surface area contributed by atoms with Crippen LogP contribution in [0.4, 0.5) is 0 Å². The van der Waals surface area contributed by atoms with Gasteiger partial charge in [-0.3, -0.25) is 0 Å². The number of hydrogen-bond acceptors (Lipinski definition) is 0. The maximum Gasteiger partial charge on any atom is -0.0443 e. The molecule has 0 aliphatic heterocycles. The Morgan fingerprint density at radius 3 is 1.24 bits per heavy atom. The molecule has 0 aromatic carbocycles. The van der Waals surface area contributed by atoms with Crippen LogP contribution in [-0.4, -0.2) is 0 Å². The summed E-state index contributed by atoms with van der Waals surface area (Å²) in [5, 5.41) is 0. The number of hydrogen-bond donors (Lipinski definition) is 0. The van der Waals surface area contributed by atoms with Crippen LogP contribution in [0.2, 0.25) is 0 Å². The Labute approximate surface area is 112 Å². The van der Waals surface area contributed by atoms with Crippen LogP contribution in [0.5, 0.6) is 0 Å². The van der Waals surface area contributed by atoms with Crippen LogP contribution in [0.3, 0.4) is 0 Å². The van der Waals surface area contributed by atoms with Gasteiger partial charge >= 0.3 is 0 Å². The lowest BCUT2D eigenvalue weighted by Crippen LogP contribution is -1.99. The highest BCUT2D eigenvalue weighted by atomic mass is 14.1. The zero-order chi connectivity index (χ0) is 13.4. The predicted molar refractivity (Wildman–Crippen MR) is 82.6 cm³/mol. The van der Waals surface area contributed by atoms with E-state index in [1.807, 2.05) is 0 Å². The highest BCUT2D eigenvalue weighted by Crippen LogP contribution is 2.22. The molecule has 1 aliphatic carbocycles. The summed E-state index contributed by atoms with van der Waals surface area (Å²) in [6, 6.07) is 0. The van der Waals surface area contributed by atoms with Crippen LogP contribution in [-0.2, 0) is 0 Å². The van der Waals surface area contributed by atoms with Crippen molar-refractivity contribution >= 4 is 0 Å². The molecule has 0 aromatic rings. The molecule has 1 fully saturated rings. The van der Waals surface area contributed by atoms with Crippen LogP contribution in [0.25, 0.3) is 0 Å². The van der Waals surface area contributed by atoms with E-state index in [9.17, 15) is 0 Å². The van der Waals surface area contributed by atoms with Gasteiger partial charge in [0.25, 0.3) is 0 Å². The third kappa shape index (κ3) is 21.8. The van der Waals surface area contributed by atoms with E-state index in [0.717, 1.165) is 5.92 Å². The molecule has 1 saturated carbocycles. The number of unbranched alkanes of at least 4 members (excludes halogenated alkanes) is 4. The molecule has 1 aliphatic rings. The van der Waals surface area contributed by atoms with E-state index in [2.05, 4.69) is 34.6 Å². The number of rotatable bonds is 4. The zero-order valence-corrected chi connectivity index (χ0v) is 13.4. The van der Waals surface area contributed by atoms with Gasteiger partial charge in [-0.2, -0.15) is 0 Å². The normalized spacial score (nSPS) is 15.4. The first-order valence-corrected chi connectivity index (χ1v) is 8.22. The van der Waals surface area contributed by atoms with Gasteiger partial charge in [0.1, 0.15) is 0 Å². The van der Waals surface area contributed by atoms with Gasteiger partial charge in [-0.1, -0.05) is 105 Å². The lowest BCUT2D eigenvalue weighted by Gasteiger charge is -2.15. The van der Waals surface area contributed by atoms with Crippen LogP contribution in [0, 0.1) is 5.92 Å². The Balaban J connectivity index is 0. The van der Waals surface area contributed by atoms with Crippen molar-refractivity contribution in [2.75, 3.05) is 0 Å². The summed E-state index contributed by atoms with van der Waals surface area (Å²) in [6.07, 6.45) is 15.6. The average Bonchev–Trinajstić information content (AvgIpc) is 2.38. The van der Waals surface area contributed by atoms with E-state index in [1.54, 1.807) is 0 Å². The smallest absolute Gasteiger partial charge is 0.0443 e. The molecule has 106 valence electrons. The first kappa shape index (κ1) is 19.3. The third-order valence-corrected chi connectivity index (χ3v) is 3.35. The second kappa shape index (κ2) is 18.4. The van der Waals surface area contributed by atoms with Crippen molar-refractivity contribution in [2.24, 2.45) is 5.92 Å². The molecule has 0 radical (unpaired) electrons. The minimum Gasteiger partial charge on any atom is -0.0654 e. The molecule has 0 N–H and O–H groups in total. The molecule has 0 saturated heterocycles. The van der Waals surface area contributed by atoms with Crippen LogP contribution in [0.15, 0.2) is 0 Å². The Bertz CT molecular complexity index is 94.6. The molecule has 0 unspecified atom stereocenters. The first-order valence-electron chi connectivity index (χ1n) is 8.22. The van der Waals surface area contributed by atoms with E-state index >= 15 is 0 Å². The summed E-state index contributed by atoms with van der Waals surface area (Å²) in [5.41, 5.74) is 0. The van der Waals surface area contributed by atoms with Crippen molar-refractivity contribution in [1.29, 1.82) is 0 Å². The summed E-state index contributed by atoms with van der Waals surface area (Å²) >= 11 is 0. The van der Waals surface area contributed by atoms with Gasteiger partial charge in [-0.25, -0.2) is 0 Å². The quantitative estimate of drug-likeness (QED) is 0.466. The highest BCUT2D eigenvalue weighted by molar-refractivity contribution is 4.59. The standard InChI is InChI=1S/C7H14.C6H14.C4H10/c1-7-5-3-2-4-6-7;1-3-5-6-4-2;1-3-4-2/h7H,2-6H2,1H3;3-6H2,1-2H3;3-4H2,1-2H3. The molecule has 0 amide bonds. The second-order valence-electron chi connectivity index (χ2n) is 5.45. The Morgan fingerprint density at radius 2 is 1.06 bits per heavy atom. The molecule has 0 nitrogen and oxygen atoms in total. The molecule has 0 spiro atoms. The molecule has 17 heavy (non-hydrogen) atoms. The third-order valence-electron chi connectivity index (χ3n) is 3.35. The summed E-state index contributed by atoms with van der Waals surface area (Å²) in [6.45, 7) is 11.2. The topological polar surface area (TPSA) is 0 Å². The van der Waals surface area contributed by atoms with Crippen LogP contribution < -0.4 is 0 Å². The molecular weight excluding hydrogens is 204 g/mol. The predicted octanol–water partition coefficient (Wildman–Crippen LogP) is 6.98. The Hall–Kier alpha value is 0. The van der Waals surface area contributed by atoms with Crippen molar-refractivity contribution in [3.05, 3.63) is 0 Å². The maximum absolute atomic E-state index is 2.36. The SMILES string of the molecule is CC1CCCCC1.CCCC.CCCCCC. The maximum atomic E-state index is 2.36. The lowest BCUT2D eigenvalue weighted by molar-refractivity contribution is 0.385. The van der Waals surface area contributed by atoms with Crippen molar-refractivity contribution in [2.45, 2.75) is 105 Å². The molecule has 0 heterocycles. The van der Waals surface area contributed by atoms with Crippen molar-refractivity contribution < 1.29 is 0 Å². The van der Waals surface area contributed by atoms with Gasteiger partial charge in [0.15, 0.2) is 0 Å². The Kier molecular flexibility index (Phi) is 20.9. The second-order valence-corrected chi connectivity index (χ2v) is 5.45. The Morgan fingerprint density at radius 1 is 0.647 bits per heavy atom. The van der Waals surface area contributed by atoms with Crippen molar-refractivity contribution in [1.82, 2.24) is 0 Å². The fraction of sp³-hybridized carbons (Fsp3) is 1.00. The summed E-state index contributed by atoms with van der Waals surface area (Å²) in [7, 11) is 0. The largest absolute Gasteiger partial charge is 0.0654 e.